The fraction of sp³-hybridized carbons (Fsp3) is 0.200. The van der Waals surface area contributed by atoms with Crippen LogP contribution in [0.15, 0.2) is 34.9 Å². The molecule has 7 heteroatoms. The summed E-state index contributed by atoms with van der Waals surface area (Å²) in [6.45, 7) is 2.41. The number of thiazole rings is 1. The molecule has 0 spiro atoms. The molecule has 0 unspecified atom stereocenters. The van der Waals surface area contributed by atoms with Gasteiger partial charge in [0.05, 0.1) is 17.1 Å². The number of hydrogen-bond donors (Lipinski definition) is 0. The highest BCUT2D eigenvalue weighted by Crippen LogP contribution is 2.29. The Balaban J connectivity index is 1.79. The summed E-state index contributed by atoms with van der Waals surface area (Å²) in [5, 5.41) is 0.721. The lowest BCUT2D eigenvalue weighted by molar-refractivity contribution is 0.0781. The second-order valence-corrected chi connectivity index (χ2v) is 7.77. The summed E-state index contributed by atoms with van der Waals surface area (Å²) in [6, 6.07) is 7.41. The summed E-state index contributed by atoms with van der Waals surface area (Å²) in [5.41, 5.74) is 0.474. The molecule has 0 aliphatic heterocycles. The van der Waals surface area contributed by atoms with Gasteiger partial charge in [0.1, 0.15) is 5.69 Å². The maximum Gasteiger partial charge on any atom is 0.273 e. The molecule has 0 saturated carbocycles. The van der Waals surface area contributed by atoms with Crippen molar-refractivity contribution in [2.24, 2.45) is 0 Å². The van der Waals surface area contributed by atoms with E-state index in [0.717, 1.165) is 19.1 Å². The average Bonchev–Trinajstić information content (AvgIpc) is 3.19. The zero-order valence-electron chi connectivity index (χ0n) is 12.0. The van der Waals surface area contributed by atoms with Gasteiger partial charge >= 0.3 is 0 Å². The monoisotopic (exact) mass is 352 g/mol. The lowest BCUT2D eigenvalue weighted by Crippen LogP contribution is -2.26. The van der Waals surface area contributed by atoms with Gasteiger partial charge in [-0.2, -0.15) is 0 Å². The van der Waals surface area contributed by atoms with E-state index in [1.807, 2.05) is 25.1 Å². The summed E-state index contributed by atoms with van der Waals surface area (Å²) in [7, 11) is 1.77. The van der Waals surface area contributed by atoms with Crippen molar-refractivity contribution in [2.45, 2.75) is 13.5 Å². The zero-order valence-corrected chi connectivity index (χ0v) is 14.4. The standard InChI is InChI=1S/C15H13ClN2O2S2/c1-9-13(17-14(21-9)11-4-3-7-20-11)15(19)18(2)8-10-5-6-12(16)22-10/h3-7H,8H2,1-2H3. The van der Waals surface area contributed by atoms with Crippen molar-refractivity contribution in [3.63, 3.8) is 0 Å². The summed E-state index contributed by atoms with van der Waals surface area (Å²) >= 11 is 8.85. The van der Waals surface area contributed by atoms with Gasteiger partial charge in [-0.1, -0.05) is 11.6 Å². The lowest BCUT2D eigenvalue weighted by atomic mass is 10.3. The van der Waals surface area contributed by atoms with Crippen molar-refractivity contribution in [1.29, 1.82) is 0 Å². The SMILES string of the molecule is Cc1sc(-c2ccco2)nc1C(=O)N(C)Cc1ccc(Cl)s1. The average molecular weight is 353 g/mol. The number of carbonyl (C=O) groups is 1. The molecule has 0 bridgehead atoms. The Bertz CT molecular complexity index is 792. The largest absolute Gasteiger partial charge is 0.462 e. The van der Waals surface area contributed by atoms with Crippen LogP contribution in [0.5, 0.6) is 0 Å². The third kappa shape index (κ3) is 3.09. The van der Waals surface area contributed by atoms with Crippen molar-refractivity contribution in [1.82, 2.24) is 9.88 Å². The van der Waals surface area contributed by atoms with Crippen LogP contribution < -0.4 is 0 Å². The van der Waals surface area contributed by atoms with Gasteiger partial charge in [0.15, 0.2) is 10.8 Å². The van der Waals surface area contributed by atoms with E-state index in [1.54, 1.807) is 24.3 Å². The Morgan fingerprint density at radius 1 is 1.36 bits per heavy atom. The number of carbonyl (C=O) groups excluding carboxylic acids is 1. The highest BCUT2D eigenvalue weighted by atomic mass is 35.5. The fourth-order valence-electron chi connectivity index (χ4n) is 2.02. The van der Waals surface area contributed by atoms with Gasteiger partial charge in [-0.3, -0.25) is 4.79 Å². The number of aromatic nitrogens is 1. The molecular weight excluding hydrogens is 340 g/mol. The molecule has 0 radical (unpaired) electrons. The minimum Gasteiger partial charge on any atom is -0.462 e. The lowest BCUT2D eigenvalue weighted by Gasteiger charge is -2.15. The third-order valence-corrected chi connectivity index (χ3v) is 5.30. The molecule has 0 aliphatic rings. The van der Waals surface area contributed by atoms with E-state index in [4.69, 9.17) is 16.0 Å². The van der Waals surface area contributed by atoms with Crippen LogP contribution in [0.3, 0.4) is 0 Å². The molecule has 1 amide bonds. The van der Waals surface area contributed by atoms with E-state index < -0.39 is 0 Å². The minimum absolute atomic E-state index is 0.101. The first-order valence-corrected chi connectivity index (χ1v) is 8.56. The predicted octanol–water partition coefficient (Wildman–Crippen LogP) is 4.70. The van der Waals surface area contributed by atoms with E-state index >= 15 is 0 Å². The highest BCUT2D eigenvalue weighted by Gasteiger charge is 2.21. The first-order valence-electron chi connectivity index (χ1n) is 6.55. The van der Waals surface area contributed by atoms with E-state index in [0.29, 0.717) is 18.0 Å². The summed E-state index contributed by atoms with van der Waals surface area (Å²) < 4.78 is 6.06. The number of amides is 1. The van der Waals surface area contributed by atoms with Crippen LogP contribution in [0.2, 0.25) is 4.34 Å². The number of nitrogens with zero attached hydrogens (tertiary/aromatic N) is 2. The number of thiophene rings is 1. The van der Waals surface area contributed by atoms with Crippen LogP contribution in [-0.2, 0) is 6.54 Å². The Morgan fingerprint density at radius 2 is 2.18 bits per heavy atom. The second kappa shape index (κ2) is 6.24. The molecular formula is C15H13ClN2O2S2. The molecule has 114 valence electrons. The second-order valence-electron chi connectivity index (χ2n) is 4.77. The van der Waals surface area contributed by atoms with Gasteiger partial charge in [0.2, 0.25) is 0 Å². The smallest absolute Gasteiger partial charge is 0.273 e. The van der Waals surface area contributed by atoms with Crippen LogP contribution in [0.4, 0.5) is 0 Å². The van der Waals surface area contributed by atoms with E-state index in [1.165, 1.54) is 22.7 Å². The Labute approximate surface area is 141 Å². The normalized spacial score (nSPS) is 10.9. The molecule has 0 fully saturated rings. The number of furan rings is 1. The molecule has 3 aromatic heterocycles. The quantitative estimate of drug-likeness (QED) is 0.683. The van der Waals surface area contributed by atoms with Crippen molar-refractivity contribution < 1.29 is 9.21 Å². The van der Waals surface area contributed by atoms with Crippen molar-refractivity contribution in [3.05, 3.63) is 50.3 Å². The molecule has 0 N–H and O–H groups in total. The third-order valence-electron chi connectivity index (χ3n) is 3.10. The summed E-state index contributed by atoms with van der Waals surface area (Å²) in [4.78, 5) is 20.6. The van der Waals surface area contributed by atoms with Crippen LogP contribution in [0.25, 0.3) is 10.8 Å². The molecule has 0 saturated heterocycles. The van der Waals surface area contributed by atoms with Gasteiger partial charge in [-0.15, -0.1) is 22.7 Å². The Kier molecular flexibility index (Phi) is 4.33. The van der Waals surface area contributed by atoms with E-state index in [-0.39, 0.29) is 5.91 Å². The first-order chi connectivity index (χ1) is 10.5. The Hall–Kier alpha value is -1.63. The summed E-state index contributed by atoms with van der Waals surface area (Å²) in [5.74, 6) is 0.580. The molecule has 3 aromatic rings. The van der Waals surface area contributed by atoms with Crippen molar-refractivity contribution >= 4 is 40.2 Å². The van der Waals surface area contributed by atoms with E-state index in [2.05, 4.69) is 4.98 Å². The van der Waals surface area contributed by atoms with Crippen LogP contribution in [0.1, 0.15) is 20.2 Å². The summed E-state index contributed by atoms with van der Waals surface area (Å²) in [6.07, 6.45) is 1.60. The zero-order chi connectivity index (χ0) is 15.7. The molecule has 3 rings (SSSR count). The fourth-order valence-corrected chi connectivity index (χ4v) is 4.04. The number of hydrogen-bond acceptors (Lipinski definition) is 5. The van der Waals surface area contributed by atoms with Crippen LogP contribution in [0, 0.1) is 6.92 Å². The Morgan fingerprint density at radius 3 is 2.82 bits per heavy atom. The van der Waals surface area contributed by atoms with Gasteiger partial charge in [0, 0.05) is 16.8 Å². The predicted molar refractivity (Wildman–Crippen MR) is 89.7 cm³/mol. The number of aryl methyl sites for hydroxylation is 1. The number of rotatable bonds is 4. The molecule has 0 aromatic carbocycles. The topological polar surface area (TPSA) is 46.3 Å². The van der Waals surface area contributed by atoms with Crippen molar-refractivity contribution in [2.75, 3.05) is 7.05 Å². The van der Waals surface area contributed by atoms with E-state index in [9.17, 15) is 4.79 Å². The number of halogens is 1. The van der Waals surface area contributed by atoms with Gasteiger partial charge in [0.25, 0.3) is 5.91 Å². The molecule has 22 heavy (non-hydrogen) atoms. The molecule has 4 nitrogen and oxygen atoms in total. The van der Waals surface area contributed by atoms with Crippen LogP contribution >= 0.6 is 34.3 Å². The molecule has 3 heterocycles. The maximum atomic E-state index is 12.6. The van der Waals surface area contributed by atoms with Gasteiger partial charge < -0.3 is 9.32 Å². The van der Waals surface area contributed by atoms with Gasteiger partial charge in [-0.05, 0) is 31.2 Å². The molecule has 0 atom stereocenters. The highest BCUT2D eigenvalue weighted by molar-refractivity contribution is 7.16. The van der Waals surface area contributed by atoms with Gasteiger partial charge in [-0.25, -0.2) is 4.98 Å². The maximum absolute atomic E-state index is 12.6. The molecule has 0 aliphatic carbocycles. The minimum atomic E-state index is -0.101. The van der Waals surface area contributed by atoms with Crippen LogP contribution in [-0.4, -0.2) is 22.8 Å². The van der Waals surface area contributed by atoms with Crippen molar-refractivity contribution in [3.8, 4) is 10.8 Å². The first kappa shape index (κ1) is 15.3.